The number of ether oxygens (including phenoxy) is 1. The molecule has 176 valence electrons. The van der Waals surface area contributed by atoms with Crippen molar-refractivity contribution in [3.63, 3.8) is 0 Å². The Hall–Kier alpha value is -3.07. The van der Waals surface area contributed by atoms with Crippen LogP contribution in [0.15, 0.2) is 18.2 Å². The van der Waals surface area contributed by atoms with Gasteiger partial charge in [-0.15, -0.1) is 0 Å². The van der Waals surface area contributed by atoms with E-state index in [4.69, 9.17) is 19.9 Å². The zero-order chi connectivity index (χ0) is 23.9. The van der Waals surface area contributed by atoms with Crippen molar-refractivity contribution < 1.29 is 32.6 Å². The van der Waals surface area contributed by atoms with E-state index in [1.54, 1.807) is 25.1 Å². The number of aromatic nitrogens is 1. The number of carboxylic acids is 1. The fourth-order valence-corrected chi connectivity index (χ4v) is 3.75. The first-order chi connectivity index (χ1) is 15.0. The lowest BCUT2D eigenvalue weighted by Gasteiger charge is -2.44. The summed E-state index contributed by atoms with van der Waals surface area (Å²) in [5.41, 5.74) is 0.329. The van der Waals surface area contributed by atoms with Crippen LogP contribution < -0.4 is 4.90 Å². The Morgan fingerprint density at radius 3 is 2.56 bits per heavy atom. The second kappa shape index (κ2) is 10.5. The molecule has 12 heteroatoms. The Labute approximate surface area is 184 Å². The SMILES string of the molecule is CN(C)C(=O)N1CCCC2(COCCN(c3cccc(C#N)n3)C2)C1.O=C(O)C(F)(F)F. The number of aliphatic carboxylic acids is 1. The van der Waals surface area contributed by atoms with Crippen LogP contribution in [-0.4, -0.2) is 91.6 Å². The number of halogens is 3. The van der Waals surface area contributed by atoms with Crippen LogP contribution in [0.3, 0.4) is 0 Å². The minimum absolute atomic E-state index is 0.0551. The average Bonchev–Trinajstić information content (AvgIpc) is 2.95. The number of pyridine rings is 1. The molecule has 0 aliphatic carbocycles. The number of amides is 2. The molecule has 2 aliphatic heterocycles. The van der Waals surface area contributed by atoms with Gasteiger partial charge in [0.05, 0.1) is 13.2 Å². The number of carbonyl (C=O) groups is 2. The molecule has 2 amide bonds. The number of nitriles is 1. The first-order valence-electron chi connectivity index (χ1n) is 9.94. The minimum Gasteiger partial charge on any atom is -0.475 e. The van der Waals surface area contributed by atoms with Gasteiger partial charge < -0.3 is 24.5 Å². The maximum atomic E-state index is 12.4. The summed E-state index contributed by atoms with van der Waals surface area (Å²) in [5.74, 6) is -1.95. The largest absolute Gasteiger partial charge is 0.490 e. The molecule has 1 unspecified atom stereocenters. The van der Waals surface area contributed by atoms with Gasteiger partial charge in [0.2, 0.25) is 0 Å². The van der Waals surface area contributed by atoms with Crippen LogP contribution in [-0.2, 0) is 9.53 Å². The predicted molar refractivity (Wildman–Crippen MR) is 108 cm³/mol. The highest BCUT2D eigenvalue weighted by Crippen LogP contribution is 2.34. The van der Waals surface area contributed by atoms with Crippen LogP contribution in [0.1, 0.15) is 18.5 Å². The van der Waals surface area contributed by atoms with Crippen LogP contribution in [0.5, 0.6) is 0 Å². The quantitative estimate of drug-likeness (QED) is 0.688. The third-order valence-corrected chi connectivity index (χ3v) is 5.17. The zero-order valence-corrected chi connectivity index (χ0v) is 17.9. The van der Waals surface area contributed by atoms with Crippen molar-refractivity contribution in [3.05, 3.63) is 23.9 Å². The maximum absolute atomic E-state index is 12.4. The monoisotopic (exact) mass is 457 g/mol. The fourth-order valence-electron chi connectivity index (χ4n) is 3.75. The van der Waals surface area contributed by atoms with Crippen LogP contribution in [0.2, 0.25) is 0 Å². The predicted octanol–water partition coefficient (Wildman–Crippen LogP) is 2.19. The first kappa shape index (κ1) is 25.2. The summed E-state index contributed by atoms with van der Waals surface area (Å²) in [5, 5.41) is 16.2. The smallest absolute Gasteiger partial charge is 0.475 e. The highest BCUT2D eigenvalue weighted by molar-refractivity contribution is 5.74. The first-order valence-corrected chi connectivity index (χ1v) is 9.94. The van der Waals surface area contributed by atoms with E-state index in [0.717, 1.165) is 38.3 Å². The lowest BCUT2D eigenvalue weighted by Crippen LogP contribution is -2.54. The number of urea groups is 1. The van der Waals surface area contributed by atoms with Crippen molar-refractivity contribution in [1.82, 2.24) is 14.8 Å². The number of alkyl halides is 3. The average molecular weight is 457 g/mol. The molecule has 1 aromatic rings. The van der Waals surface area contributed by atoms with E-state index in [0.29, 0.717) is 25.5 Å². The summed E-state index contributed by atoms with van der Waals surface area (Å²) in [4.78, 5) is 31.5. The van der Waals surface area contributed by atoms with Crippen LogP contribution in [0.4, 0.5) is 23.8 Å². The molecule has 2 aliphatic rings. The van der Waals surface area contributed by atoms with Gasteiger partial charge in [-0.1, -0.05) is 6.07 Å². The number of hydrogen-bond donors (Lipinski definition) is 1. The molecule has 2 fully saturated rings. The van der Waals surface area contributed by atoms with Crippen molar-refractivity contribution >= 4 is 17.8 Å². The molecule has 32 heavy (non-hydrogen) atoms. The standard InChI is InChI=1S/C18H25N5O2.C2HF3O2/c1-21(2)17(24)23-8-4-7-18(13-23)12-22(9-10-25-14-18)16-6-3-5-15(11-19)20-16;3-2(4,5)1(6)7/h3,5-6H,4,7-10,12-14H2,1-2H3;(H,6,7). The highest BCUT2D eigenvalue weighted by Gasteiger charge is 2.41. The van der Waals surface area contributed by atoms with Gasteiger partial charge in [0, 0.05) is 45.7 Å². The summed E-state index contributed by atoms with van der Waals surface area (Å²) in [6.07, 6.45) is -3.08. The molecular weight excluding hydrogens is 431 g/mol. The molecule has 0 aromatic carbocycles. The maximum Gasteiger partial charge on any atom is 0.490 e. The number of hydrogen-bond acceptors (Lipinski definition) is 6. The fraction of sp³-hybridized carbons (Fsp3) is 0.600. The number of nitrogens with zero attached hydrogens (tertiary/aromatic N) is 5. The minimum atomic E-state index is -5.08. The molecule has 0 saturated carbocycles. The van der Waals surface area contributed by atoms with Gasteiger partial charge in [-0.2, -0.15) is 18.4 Å². The molecule has 1 spiro atoms. The molecule has 3 heterocycles. The molecule has 1 aromatic heterocycles. The van der Waals surface area contributed by atoms with Gasteiger partial charge in [-0.05, 0) is 25.0 Å². The lowest BCUT2D eigenvalue weighted by atomic mass is 9.80. The van der Waals surface area contributed by atoms with Gasteiger partial charge in [-0.25, -0.2) is 14.6 Å². The number of piperidine rings is 1. The van der Waals surface area contributed by atoms with E-state index >= 15 is 0 Å². The van der Waals surface area contributed by atoms with E-state index in [1.807, 2.05) is 17.0 Å². The number of likely N-dealkylation sites (tertiary alicyclic amines) is 1. The Morgan fingerprint density at radius 1 is 1.28 bits per heavy atom. The van der Waals surface area contributed by atoms with Gasteiger partial charge in [0.15, 0.2) is 0 Å². The van der Waals surface area contributed by atoms with E-state index < -0.39 is 12.1 Å². The number of carbonyl (C=O) groups excluding carboxylic acids is 1. The van der Waals surface area contributed by atoms with Crippen molar-refractivity contribution in [2.45, 2.75) is 19.0 Å². The van der Waals surface area contributed by atoms with Crippen molar-refractivity contribution in [3.8, 4) is 6.07 Å². The summed E-state index contributed by atoms with van der Waals surface area (Å²) in [6, 6.07) is 7.67. The van der Waals surface area contributed by atoms with E-state index in [2.05, 4.69) is 16.0 Å². The van der Waals surface area contributed by atoms with Crippen molar-refractivity contribution in [2.24, 2.45) is 5.41 Å². The van der Waals surface area contributed by atoms with Gasteiger partial charge in [-0.3, -0.25) is 0 Å². The second-order valence-corrected chi connectivity index (χ2v) is 7.97. The Balaban J connectivity index is 0.000000451. The lowest BCUT2D eigenvalue weighted by molar-refractivity contribution is -0.192. The zero-order valence-electron chi connectivity index (χ0n) is 17.9. The van der Waals surface area contributed by atoms with E-state index in [1.165, 1.54) is 0 Å². The van der Waals surface area contributed by atoms with Crippen LogP contribution in [0.25, 0.3) is 0 Å². The van der Waals surface area contributed by atoms with E-state index in [-0.39, 0.29) is 11.4 Å². The van der Waals surface area contributed by atoms with E-state index in [9.17, 15) is 18.0 Å². The normalized spacial score (nSPS) is 21.1. The number of anilines is 1. The summed E-state index contributed by atoms with van der Waals surface area (Å²) >= 11 is 0. The molecule has 0 bridgehead atoms. The highest BCUT2D eigenvalue weighted by atomic mass is 19.4. The molecule has 3 rings (SSSR count). The number of carboxylic acid groups (broad SMARTS) is 1. The third kappa shape index (κ3) is 6.71. The topological polar surface area (TPSA) is 110 Å². The summed E-state index contributed by atoms with van der Waals surface area (Å²) in [7, 11) is 3.58. The van der Waals surface area contributed by atoms with Gasteiger partial charge in [0.25, 0.3) is 0 Å². The summed E-state index contributed by atoms with van der Waals surface area (Å²) < 4.78 is 37.6. The Bertz CT molecular complexity index is 858. The molecule has 1 atom stereocenters. The van der Waals surface area contributed by atoms with Crippen LogP contribution in [0, 0.1) is 16.7 Å². The summed E-state index contributed by atoms with van der Waals surface area (Å²) in [6.45, 7) is 4.29. The van der Waals surface area contributed by atoms with Crippen molar-refractivity contribution in [1.29, 1.82) is 5.26 Å². The second-order valence-electron chi connectivity index (χ2n) is 7.97. The van der Waals surface area contributed by atoms with Gasteiger partial charge >= 0.3 is 18.2 Å². The molecular formula is C20H26F3N5O4. The molecule has 0 radical (unpaired) electrons. The van der Waals surface area contributed by atoms with Crippen molar-refractivity contribution in [2.75, 3.05) is 58.4 Å². The Kier molecular flexibility index (Phi) is 8.26. The van der Waals surface area contributed by atoms with Gasteiger partial charge in [0.1, 0.15) is 17.6 Å². The molecule has 2 saturated heterocycles. The number of rotatable bonds is 1. The molecule has 1 N–H and O–H groups in total. The van der Waals surface area contributed by atoms with Crippen LogP contribution >= 0.6 is 0 Å². The molecule has 9 nitrogen and oxygen atoms in total. The third-order valence-electron chi connectivity index (χ3n) is 5.17. The Morgan fingerprint density at radius 2 is 1.97 bits per heavy atom.